The summed E-state index contributed by atoms with van der Waals surface area (Å²) in [6, 6.07) is 13.5. The molecule has 0 radical (unpaired) electrons. The summed E-state index contributed by atoms with van der Waals surface area (Å²) in [5.74, 6) is -0.478. The molecular weight excluding hydrogens is 288 g/mol. The van der Waals surface area contributed by atoms with Crippen molar-refractivity contribution in [2.75, 3.05) is 0 Å². The number of carbonyl (C=O) groups excluding carboxylic acids is 1. The van der Waals surface area contributed by atoms with Crippen LogP contribution >= 0.6 is 0 Å². The molecule has 21 heavy (non-hydrogen) atoms. The quantitative estimate of drug-likeness (QED) is 0.931. The first-order chi connectivity index (χ1) is 10.0. The summed E-state index contributed by atoms with van der Waals surface area (Å²) >= 11 is 0. The Labute approximate surface area is 123 Å². The van der Waals surface area contributed by atoms with Crippen molar-refractivity contribution in [3.8, 4) is 0 Å². The minimum Gasteiger partial charge on any atom is -0.326 e. The average molecular weight is 302 g/mol. The van der Waals surface area contributed by atoms with E-state index >= 15 is 0 Å². The molecule has 0 aliphatic carbocycles. The summed E-state index contributed by atoms with van der Waals surface area (Å²) in [5.41, 5.74) is 7.46. The van der Waals surface area contributed by atoms with Crippen molar-refractivity contribution in [1.29, 1.82) is 0 Å². The highest BCUT2D eigenvalue weighted by Gasteiger charge is 2.40. The third kappa shape index (κ3) is 2.22. The van der Waals surface area contributed by atoms with Crippen molar-refractivity contribution in [3.05, 3.63) is 65.2 Å². The fourth-order valence-electron chi connectivity index (χ4n) is 2.33. The first-order valence-corrected chi connectivity index (χ1v) is 7.92. The van der Waals surface area contributed by atoms with E-state index < -0.39 is 15.9 Å². The predicted molar refractivity (Wildman–Crippen MR) is 77.8 cm³/mol. The molecule has 0 aromatic heterocycles. The van der Waals surface area contributed by atoms with Crippen molar-refractivity contribution in [3.63, 3.8) is 0 Å². The van der Waals surface area contributed by atoms with Crippen LogP contribution < -0.4 is 5.73 Å². The highest BCUT2D eigenvalue weighted by molar-refractivity contribution is 7.90. The van der Waals surface area contributed by atoms with Gasteiger partial charge < -0.3 is 5.73 Å². The zero-order valence-corrected chi connectivity index (χ0v) is 12.0. The molecule has 1 heterocycles. The van der Waals surface area contributed by atoms with Gasteiger partial charge in [-0.2, -0.15) is 0 Å². The molecule has 1 amide bonds. The third-order valence-electron chi connectivity index (χ3n) is 3.50. The maximum atomic E-state index is 12.4. The smallest absolute Gasteiger partial charge is 0.269 e. The normalized spacial score (nSPS) is 16.0. The Balaban J connectivity index is 1.95. The zero-order valence-electron chi connectivity index (χ0n) is 11.2. The molecule has 5 nitrogen and oxygen atoms in total. The Kier molecular flexibility index (Phi) is 3.27. The van der Waals surface area contributed by atoms with Crippen LogP contribution in [-0.2, 0) is 23.1 Å². The summed E-state index contributed by atoms with van der Waals surface area (Å²) in [7, 11) is -3.75. The van der Waals surface area contributed by atoms with E-state index in [1.54, 1.807) is 24.3 Å². The lowest BCUT2D eigenvalue weighted by atomic mass is 10.1. The molecule has 108 valence electrons. The van der Waals surface area contributed by atoms with Crippen LogP contribution in [0.4, 0.5) is 0 Å². The molecular formula is C15H14N2O3S. The lowest BCUT2D eigenvalue weighted by molar-refractivity contribution is 0.0865. The summed E-state index contributed by atoms with van der Waals surface area (Å²) in [6.07, 6.45) is 0. The number of amides is 1. The van der Waals surface area contributed by atoms with Crippen LogP contribution in [0.15, 0.2) is 53.4 Å². The lowest BCUT2D eigenvalue weighted by Crippen LogP contribution is -2.29. The number of rotatable bonds is 3. The molecule has 1 aliphatic rings. The molecule has 0 spiro atoms. The third-order valence-corrected chi connectivity index (χ3v) is 5.28. The Bertz CT molecular complexity index is 798. The first-order valence-electron chi connectivity index (χ1n) is 6.48. The zero-order chi connectivity index (χ0) is 15.0. The van der Waals surface area contributed by atoms with Crippen LogP contribution in [-0.4, -0.2) is 18.6 Å². The molecule has 2 aromatic rings. The minimum atomic E-state index is -3.75. The highest BCUT2D eigenvalue weighted by Crippen LogP contribution is 2.31. The molecule has 6 heteroatoms. The Morgan fingerprint density at radius 3 is 2.19 bits per heavy atom. The van der Waals surface area contributed by atoms with E-state index in [9.17, 15) is 13.2 Å². The Morgan fingerprint density at radius 1 is 0.952 bits per heavy atom. The van der Waals surface area contributed by atoms with Gasteiger partial charge >= 0.3 is 0 Å². The number of nitrogens with zero attached hydrogens (tertiary/aromatic N) is 1. The number of hydrogen-bond donors (Lipinski definition) is 1. The van der Waals surface area contributed by atoms with E-state index in [2.05, 4.69) is 0 Å². The fraction of sp³-hybridized carbons (Fsp3) is 0.133. The number of benzene rings is 2. The van der Waals surface area contributed by atoms with Crippen LogP contribution in [0.2, 0.25) is 0 Å². The van der Waals surface area contributed by atoms with E-state index in [1.165, 1.54) is 12.1 Å². The van der Waals surface area contributed by atoms with E-state index in [-0.39, 0.29) is 17.0 Å². The van der Waals surface area contributed by atoms with Crippen LogP contribution in [0.25, 0.3) is 0 Å². The summed E-state index contributed by atoms with van der Waals surface area (Å²) in [6.45, 7) is 0.452. The van der Waals surface area contributed by atoms with Gasteiger partial charge in [0.05, 0.1) is 12.1 Å². The molecule has 0 unspecified atom stereocenters. The first kappa shape index (κ1) is 13.8. The maximum Gasteiger partial charge on any atom is 0.269 e. The summed E-state index contributed by atoms with van der Waals surface area (Å²) < 4.78 is 25.7. The SMILES string of the molecule is NCc1ccc(CN2C(=O)c3ccccc3S2(=O)=O)cc1. The number of fused-ring (bicyclic) bond motifs is 1. The second-order valence-corrected chi connectivity index (χ2v) is 6.66. The molecule has 0 bridgehead atoms. The van der Waals surface area contributed by atoms with E-state index in [1.807, 2.05) is 12.1 Å². The van der Waals surface area contributed by atoms with Crippen LogP contribution in [0.3, 0.4) is 0 Å². The van der Waals surface area contributed by atoms with E-state index in [4.69, 9.17) is 5.73 Å². The number of carbonyl (C=O) groups is 1. The number of nitrogens with two attached hydrogens (primary N) is 1. The van der Waals surface area contributed by atoms with Crippen molar-refractivity contribution in [2.45, 2.75) is 18.0 Å². The van der Waals surface area contributed by atoms with E-state index in [0.717, 1.165) is 15.4 Å². The topological polar surface area (TPSA) is 80.5 Å². The van der Waals surface area contributed by atoms with Gasteiger partial charge in [0.25, 0.3) is 15.9 Å². The van der Waals surface area contributed by atoms with Gasteiger partial charge in [0.15, 0.2) is 0 Å². The fourth-order valence-corrected chi connectivity index (χ4v) is 3.89. The van der Waals surface area contributed by atoms with Gasteiger partial charge in [-0.3, -0.25) is 4.79 Å². The molecule has 0 saturated carbocycles. The van der Waals surface area contributed by atoms with Gasteiger partial charge in [-0.15, -0.1) is 0 Å². The van der Waals surface area contributed by atoms with Crippen LogP contribution in [0.1, 0.15) is 21.5 Å². The minimum absolute atomic E-state index is 0.0285. The standard InChI is InChI=1S/C15H14N2O3S/c16-9-11-5-7-12(8-6-11)10-17-15(18)13-3-1-2-4-14(13)21(17,19)20/h1-8H,9-10,16H2. The van der Waals surface area contributed by atoms with Gasteiger partial charge in [0, 0.05) is 6.54 Å². The Morgan fingerprint density at radius 2 is 1.57 bits per heavy atom. The van der Waals surface area contributed by atoms with Gasteiger partial charge in [-0.1, -0.05) is 36.4 Å². The van der Waals surface area contributed by atoms with Gasteiger partial charge in [0.2, 0.25) is 0 Å². The average Bonchev–Trinajstić information content (AvgIpc) is 2.70. The van der Waals surface area contributed by atoms with Crippen molar-refractivity contribution < 1.29 is 13.2 Å². The molecule has 0 saturated heterocycles. The monoisotopic (exact) mass is 302 g/mol. The highest BCUT2D eigenvalue weighted by atomic mass is 32.2. The molecule has 2 aromatic carbocycles. The van der Waals surface area contributed by atoms with Crippen molar-refractivity contribution in [1.82, 2.24) is 4.31 Å². The van der Waals surface area contributed by atoms with Gasteiger partial charge in [-0.05, 0) is 23.3 Å². The molecule has 1 aliphatic heterocycles. The van der Waals surface area contributed by atoms with E-state index in [0.29, 0.717) is 6.54 Å². The lowest BCUT2D eigenvalue weighted by Gasteiger charge is -2.15. The molecule has 0 fully saturated rings. The number of hydrogen-bond acceptors (Lipinski definition) is 4. The second-order valence-electron chi connectivity index (χ2n) is 4.83. The van der Waals surface area contributed by atoms with Crippen molar-refractivity contribution >= 4 is 15.9 Å². The number of sulfonamides is 1. The van der Waals surface area contributed by atoms with Crippen LogP contribution in [0.5, 0.6) is 0 Å². The van der Waals surface area contributed by atoms with Crippen molar-refractivity contribution in [2.24, 2.45) is 5.73 Å². The predicted octanol–water partition coefficient (Wildman–Crippen LogP) is 1.49. The summed E-state index contributed by atoms with van der Waals surface area (Å²) in [4.78, 5) is 12.3. The van der Waals surface area contributed by atoms with Crippen LogP contribution in [0, 0.1) is 0 Å². The molecule has 2 N–H and O–H groups in total. The molecule has 3 rings (SSSR count). The summed E-state index contributed by atoms with van der Waals surface area (Å²) in [5, 5.41) is 0. The van der Waals surface area contributed by atoms with Gasteiger partial charge in [-0.25, -0.2) is 12.7 Å². The Hall–Kier alpha value is -2.18. The largest absolute Gasteiger partial charge is 0.326 e. The van der Waals surface area contributed by atoms with Gasteiger partial charge in [0.1, 0.15) is 4.90 Å². The second kappa shape index (κ2) is 4.98. The maximum absolute atomic E-state index is 12.4. The molecule has 0 atom stereocenters.